The second-order valence-corrected chi connectivity index (χ2v) is 4.18. The molecule has 0 bridgehead atoms. The Morgan fingerprint density at radius 3 is 2.40 bits per heavy atom. The summed E-state index contributed by atoms with van der Waals surface area (Å²) in [5.74, 6) is -5.37. The van der Waals surface area contributed by atoms with Crippen LogP contribution in [0.2, 0.25) is 0 Å². The summed E-state index contributed by atoms with van der Waals surface area (Å²) in [6.45, 7) is 1.67. The minimum Gasteiger partial charge on any atom is -0.478 e. The van der Waals surface area contributed by atoms with E-state index in [1.165, 1.54) is 18.2 Å². The summed E-state index contributed by atoms with van der Waals surface area (Å²) < 4.78 is 39.5. The predicted molar refractivity (Wildman–Crippen MR) is 67.7 cm³/mol. The molecular formula is C14H10F3NO2. The third-order valence-corrected chi connectivity index (χ3v) is 2.79. The highest BCUT2D eigenvalue weighted by Gasteiger charge is 2.14. The van der Waals surface area contributed by atoms with E-state index in [1.54, 1.807) is 6.92 Å². The van der Waals surface area contributed by atoms with E-state index in [4.69, 9.17) is 5.11 Å². The third kappa shape index (κ3) is 2.59. The quantitative estimate of drug-likeness (QED) is 0.840. The van der Waals surface area contributed by atoms with E-state index in [1.807, 2.05) is 0 Å². The van der Waals surface area contributed by atoms with Gasteiger partial charge in [0.15, 0.2) is 17.5 Å². The van der Waals surface area contributed by atoms with Crippen LogP contribution in [-0.2, 0) is 0 Å². The number of aromatic carboxylic acids is 1. The molecule has 2 N–H and O–H groups in total. The molecule has 3 nitrogen and oxygen atoms in total. The lowest BCUT2D eigenvalue weighted by Crippen LogP contribution is -2.02. The zero-order chi connectivity index (χ0) is 14.9. The van der Waals surface area contributed by atoms with E-state index in [0.29, 0.717) is 11.3 Å². The molecule has 6 heteroatoms. The Morgan fingerprint density at radius 1 is 1.05 bits per heavy atom. The zero-order valence-corrected chi connectivity index (χ0v) is 10.4. The predicted octanol–water partition coefficient (Wildman–Crippen LogP) is 3.85. The van der Waals surface area contributed by atoms with Crippen LogP contribution in [0.3, 0.4) is 0 Å². The van der Waals surface area contributed by atoms with Crippen molar-refractivity contribution in [3.8, 4) is 0 Å². The molecule has 2 aromatic rings. The number of carboxylic acid groups (broad SMARTS) is 1. The number of hydrogen-bond donors (Lipinski definition) is 2. The van der Waals surface area contributed by atoms with Gasteiger partial charge in [-0.1, -0.05) is 6.07 Å². The van der Waals surface area contributed by atoms with Gasteiger partial charge in [-0.2, -0.15) is 0 Å². The third-order valence-electron chi connectivity index (χ3n) is 2.79. The molecule has 0 saturated carbocycles. The maximum absolute atomic E-state index is 13.5. The maximum Gasteiger partial charge on any atom is 0.335 e. The maximum atomic E-state index is 13.5. The second kappa shape index (κ2) is 5.24. The molecule has 2 rings (SSSR count). The van der Waals surface area contributed by atoms with Gasteiger partial charge in [0, 0.05) is 5.69 Å². The molecular weight excluding hydrogens is 271 g/mol. The fourth-order valence-electron chi connectivity index (χ4n) is 1.66. The average Bonchev–Trinajstić information content (AvgIpc) is 2.41. The lowest BCUT2D eigenvalue weighted by molar-refractivity contribution is 0.0697. The molecule has 0 amide bonds. The molecule has 0 unspecified atom stereocenters. The van der Waals surface area contributed by atoms with Gasteiger partial charge in [-0.3, -0.25) is 0 Å². The molecule has 0 spiro atoms. The van der Waals surface area contributed by atoms with Crippen molar-refractivity contribution < 1.29 is 23.1 Å². The van der Waals surface area contributed by atoms with Gasteiger partial charge in [-0.05, 0) is 36.8 Å². The van der Waals surface area contributed by atoms with Crippen LogP contribution >= 0.6 is 0 Å². The summed E-state index contributed by atoms with van der Waals surface area (Å²) in [7, 11) is 0. The van der Waals surface area contributed by atoms with Crippen molar-refractivity contribution in [3.05, 3.63) is 58.9 Å². The molecule has 0 saturated heterocycles. The number of carboxylic acids is 1. The fourth-order valence-corrected chi connectivity index (χ4v) is 1.66. The van der Waals surface area contributed by atoms with Gasteiger partial charge in [-0.25, -0.2) is 18.0 Å². The number of hydrogen-bond acceptors (Lipinski definition) is 2. The van der Waals surface area contributed by atoms with Crippen molar-refractivity contribution in [2.24, 2.45) is 0 Å². The first-order chi connectivity index (χ1) is 9.40. The van der Waals surface area contributed by atoms with Crippen molar-refractivity contribution in [2.75, 3.05) is 5.32 Å². The number of anilines is 2. The molecule has 0 aliphatic heterocycles. The van der Waals surface area contributed by atoms with Gasteiger partial charge in [0.2, 0.25) is 0 Å². The summed E-state index contributed by atoms with van der Waals surface area (Å²) in [5.41, 5.74) is 0.671. The number of carbonyl (C=O) groups is 1. The number of nitrogens with one attached hydrogen (secondary N) is 1. The molecule has 0 fully saturated rings. The van der Waals surface area contributed by atoms with Gasteiger partial charge in [0.05, 0.1) is 11.3 Å². The van der Waals surface area contributed by atoms with Crippen LogP contribution in [-0.4, -0.2) is 11.1 Å². The lowest BCUT2D eigenvalue weighted by Gasteiger charge is -2.11. The Labute approximate surface area is 112 Å². The molecule has 0 aliphatic carbocycles. The Balaban J connectivity index is 2.42. The fraction of sp³-hybridized carbons (Fsp3) is 0.0714. The Morgan fingerprint density at radius 2 is 1.75 bits per heavy atom. The van der Waals surface area contributed by atoms with Gasteiger partial charge in [0.1, 0.15) is 0 Å². The van der Waals surface area contributed by atoms with Crippen molar-refractivity contribution in [2.45, 2.75) is 6.92 Å². The summed E-state index contributed by atoms with van der Waals surface area (Å²) in [5, 5.41) is 11.4. The number of rotatable bonds is 3. The summed E-state index contributed by atoms with van der Waals surface area (Å²) in [6, 6.07) is 6.05. The molecule has 104 valence electrons. The van der Waals surface area contributed by atoms with Crippen LogP contribution in [0.25, 0.3) is 0 Å². The van der Waals surface area contributed by atoms with E-state index < -0.39 is 23.4 Å². The number of benzene rings is 2. The topological polar surface area (TPSA) is 49.3 Å². The highest BCUT2D eigenvalue weighted by atomic mass is 19.2. The molecule has 0 aliphatic rings. The molecule has 0 radical (unpaired) electrons. The SMILES string of the molecule is Cc1ccc(C(=O)O)cc1Nc1ccc(F)c(F)c1F. The first-order valence-corrected chi connectivity index (χ1v) is 5.64. The summed E-state index contributed by atoms with van der Waals surface area (Å²) in [6.07, 6.45) is 0. The van der Waals surface area contributed by atoms with Gasteiger partial charge in [0.25, 0.3) is 0 Å². The van der Waals surface area contributed by atoms with Crippen LogP contribution in [0.4, 0.5) is 24.5 Å². The van der Waals surface area contributed by atoms with Crippen molar-refractivity contribution >= 4 is 17.3 Å². The number of halogens is 3. The monoisotopic (exact) mass is 281 g/mol. The van der Waals surface area contributed by atoms with Crippen LogP contribution in [0, 0.1) is 24.4 Å². The molecule has 0 heterocycles. The van der Waals surface area contributed by atoms with Gasteiger partial charge in [-0.15, -0.1) is 0 Å². The normalized spacial score (nSPS) is 10.4. The smallest absolute Gasteiger partial charge is 0.335 e. The Bertz CT molecular complexity index is 686. The van der Waals surface area contributed by atoms with E-state index in [0.717, 1.165) is 12.1 Å². The van der Waals surface area contributed by atoms with Crippen LogP contribution in [0.5, 0.6) is 0 Å². The minimum atomic E-state index is -1.58. The molecule has 20 heavy (non-hydrogen) atoms. The summed E-state index contributed by atoms with van der Waals surface area (Å²) in [4.78, 5) is 10.9. The zero-order valence-electron chi connectivity index (χ0n) is 10.4. The molecule has 0 atom stereocenters. The number of aryl methyl sites for hydroxylation is 1. The Kier molecular flexibility index (Phi) is 3.65. The first-order valence-electron chi connectivity index (χ1n) is 5.64. The van der Waals surface area contributed by atoms with Crippen LogP contribution in [0.15, 0.2) is 30.3 Å². The van der Waals surface area contributed by atoms with Crippen molar-refractivity contribution in [1.82, 2.24) is 0 Å². The van der Waals surface area contributed by atoms with Gasteiger partial charge < -0.3 is 10.4 Å². The van der Waals surface area contributed by atoms with E-state index >= 15 is 0 Å². The second-order valence-electron chi connectivity index (χ2n) is 4.18. The average molecular weight is 281 g/mol. The highest BCUT2D eigenvalue weighted by molar-refractivity contribution is 5.89. The van der Waals surface area contributed by atoms with E-state index in [2.05, 4.69) is 5.32 Å². The minimum absolute atomic E-state index is 0.00101. The molecule has 0 aromatic heterocycles. The van der Waals surface area contributed by atoms with Crippen LogP contribution < -0.4 is 5.32 Å². The largest absolute Gasteiger partial charge is 0.478 e. The molecule has 2 aromatic carbocycles. The summed E-state index contributed by atoms with van der Waals surface area (Å²) >= 11 is 0. The van der Waals surface area contributed by atoms with Gasteiger partial charge >= 0.3 is 5.97 Å². The van der Waals surface area contributed by atoms with Crippen LogP contribution in [0.1, 0.15) is 15.9 Å². The standard InChI is InChI=1S/C14H10F3NO2/c1-7-2-3-8(14(19)20)6-11(7)18-10-5-4-9(15)12(16)13(10)17/h2-6,18H,1H3,(H,19,20). The van der Waals surface area contributed by atoms with Crippen molar-refractivity contribution in [3.63, 3.8) is 0 Å². The van der Waals surface area contributed by atoms with Crippen molar-refractivity contribution in [1.29, 1.82) is 0 Å². The van der Waals surface area contributed by atoms with E-state index in [9.17, 15) is 18.0 Å². The van der Waals surface area contributed by atoms with E-state index in [-0.39, 0.29) is 11.3 Å². The first kappa shape index (κ1) is 13.9. The Hall–Kier alpha value is -2.50. The highest BCUT2D eigenvalue weighted by Crippen LogP contribution is 2.26. The lowest BCUT2D eigenvalue weighted by atomic mass is 10.1.